The number of carbonyl (C=O) groups is 4. The van der Waals surface area contributed by atoms with Crippen LogP contribution in [0.25, 0.3) is 22.0 Å². The van der Waals surface area contributed by atoms with Crippen LogP contribution in [0.5, 0.6) is 11.5 Å². The number of ether oxygens (including phenoxy) is 5. The molecule has 444 valence electrons. The van der Waals surface area contributed by atoms with E-state index in [1.807, 2.05) is 105 Å². The Bertz CT molecular complexity index is 3020. The number of benzene rings is 3. The number of fused-ring (bicyclic) bond motifs is 1. The van der Waals surface area contributed by atoms with E-state index in [0.717, 1.165) is 95.2 Å². The van der Waals surface area contributed by atoms with Crippen molar-refractivity contribution in [2.75, 3.05) is 64.7 Å². The van der Waals surface area contributed by atoms with E-state index in [9.17, 15) is 19.2 Å². The van der Waals surface area contributed by atoms with Crippen molar-refractivity contribution in [2.24, 2.45) is 12.5 Å². The first-order chi connectivity index (χ1) is 40.3. The molecular formula is C62H81N11O9S. The summed E-state index contributed by atoms with van der Waals surface area (Å²) in [5.41, 5.74) is 7.26. The molecule has 8 rings (SSSR count). The van der Waals surface area contributed by atoms with Gasteiger partial charge in [0.1, 0.15) is 35.6 Å². The Morgan fingerprint density at radius 3 is 2.28 bits per heavy atom. The highest BCUT2D eigenvalue weighted by molar-refractivity contribution is 7.13. The van der Waals surface area contributed by atoms with Crippen LogP contribution in [-0.2, 0) is 48.7 Å². The van der Waals surface area contributed by atoms with Crippen LogP contribution in [0.15, 0.2) is 90.8 Å². The van der Waals surface area contributed by atoms with E-state index in [4.69, 9.17) is 23.7 Å². The molecule has 2 aliphatic heterocycles. The van der Waals surface area contributed by atoms with Crippen LogP contribution in [0.3, 0.4) is 0 Å². The van der Waals surface area contributed by atoms with Crippen molar-refractivity contribution in [3.05, 3.63) is 119 Å². The van der Waals surface area contributed by atoms with Crippen LogP contribution in [0, 0.1) is 12.3 Å². The Labute approximate surface area is 491 Å². The molecule has 5 heterocycles. The Balaban J connectivity index is 0.616. The fourth-order valence-corrected chi connectivity index (χ4v) is 10.8. The molecule has 0 radical (unpaired) electrons. The van der Waals surface area contributed by atoms with Crippen molar-refractivity contribution in [1.82, 2.24) is 50.6 Å². The predicted octanol–water partition coefficient (Wildman–Crippen LogP) is 8.96. The third-order valence-electron chi connectivity index (χ3n) is 14.8. The molecule has 83 heavy (non-hydrogen) atoms. The lowest BCUT2D eigenvalue weighted by Crippen LogP contribution is -2.57. The molecule has 0 aliphatic carbocycles. The van der Waals surface area contributed by atoms with Crippen molar-refractivity contribution in [1.29, 1.82) is 0 Å². The van der Waals surface area contributed by atoms with Gasteiger partial charge in [-0.2, -0.15) is 0 Å². The van der Waals surface area contributed by atoms with Gasteiger partial charge in [-0.25, -0.2) is 15.0 Å². The van der Waals surface area contributed by atoms with Crippen molar-refractivity contribution in [3.63, 3.8) is 0 Å². The lowest BCUT2D eigenvalue weighted by atomic mass is 9.85. The number of anilines is 1. The Kier molecular flexibility index (Phi) is 23.3. The minimum atomic E-state index is -0.750. The smallest absolute Gasteiger partial charge is 0.251 e. The maximum absolute atomic E-state index is 14.0. The van der Waals surface area contributed by atoms with Crippen LogP contribution in [-0.4, -0.2) is 130 Å². The number of likely N-dealkylation sites (tertiary alicyclic amines) is 1. The van der Waals surface area contributed by atoms with Gasteiger partial charge in [0.25, 0.3) is 5.91 Å². The topological polar surface area (TPSA) is 235 Å². The first-order valence-electron chi connectivity index (χ1n) is 29.1. The summed E-state index contributed by atoms with van der Waals surface area (Å²) in [5.74, 6) is 2.11. The van der Waals surface area contributed by atoms with Crippen LogP contribution >= 0.6 is 11.3 Å². The van der Waals surface area contributed by atoms with Gasteiger partial charge in [0, 0.05) is 69.2 Å². The zero-order valence-electron chi connectivity index (χ0n) is 48.7. The minimum absolute atomic E-state index is 0.170. The lowest BCUT2D eigenvalue weighted by molar-refractivity contribution is -0.143. The maximum atomic E-state index is 14.0. The number of nitrogens with one attached hydrogen (secondary N) is 4. The second-order valence-electron chi connectivity index (χ2n) is 22.0. The van der Waals surface area contributed by atoms with E-state index in [0.29, 0.717) is 115 Å². The SMILES string of the molecule is Cc1ncsc1-c1ccc(CNC(=O)[C@@H]2CCCN2C(=O)C(NC(=O)CCCCCOCCOCCOCCCCCCOc2ccc3c(c2)C(NC(=O)c2cccc(NCc4nnc(-c5ccncn5)n4C)c2)CCO3)C(C)(C)C)cc1. The van der Waals surface area contributed by atoms with Crippen molar-refractivity contribution < 1.29 is 42.9 Å². The summed E-state index contributed by atoms with van der Waals surface area (Å²) in [5, 5.41) is 21.2. The Hall–Kier alpha value is -7.33. The third kappa shape index (κ3) is 18.3. The molecule has 3 aromatic heterocycles. The molecule has 21 heteroatoms. The lowest BCUT2D eigenvalue weighted by Gasteiger charge is -2.35. The van der Waals surface area contributed by atoms with Crippen LogP contribution in [0.2, 0.25) is 0 Å². The molecule has 4 amide bonds. The van der Waals surface area contributed by atoms with Crippen molar-refractivity contribution in [2.45, 2.75) is 130 Å². The van der Waals surface area contributed by atoms with Gasteiger partial charge in [0.05, 0.1) is 68.3 Å². The number of thiazole rings is 1. The van der Waals surface area contributed by atoms with Crippen molar-refractivity contribution in [3.8, 4) is 33.5 Å². The van der Waals surface area contributed by atoms with E-state index in [-0.39, 0.29) is 29.7 Å². The van der Waals surface area contributed by atoms with Gasteiger partial charge in [-0.1, -0.05) is 63.9 Å². The molecule has 3 atom stereocenters. The van der Waals surface area contributed by atoms with E-state index in [2.05, 4.69) is 46.4 Å². The van der Waals surface area contributed by atoms with E-state index < -0.39 is 17.5 Å². The van der Waals surface area contributed by atoms with E-state index >= 15 is 0 Å². The molecule has 2 aliphatic rings. The number of carbonyl (C=O) groups excluding carboxylic acids is 4. The largest absolute Gasteiger partial charge is 0.494 e. The zero-order chi connectivity index (χ0) is 58.4. The van der Waals surface area contributed by atoms with Crippen LogP contribution in [0.1, 0.15) is 130 Å². The molecule has 4 N–H and O–H groups in total. The summed E-state index contributed by atoms with van der Waals surface area (Å²) in [6, 6.07) is 21.5. The number of rotatable bonds is 32. The predicted molar refractivity (Wildman–Crippen MR) is 318 cm³/mol. The highest BCUT2D eigenvalue weighted by Gasteiger charge is 2.42. The molecule has 0 saturated carbocycles. The van der Waals surface area contributed by atoms with Gasteiger partial charge < -0.3 is 54.4 Å². The molecule has 3 aromatic carbocycles. The standard InChI is InChI=1S/C62H81N11O9S/c1-43-56(83-42-67-43)45-21-19-44(20-22-45)39-65-60(76)52-17-14-28-73(52)61(77)57(62(2,3)4)69-55(74)18-9-8-11-30-79-34-36-80-35-33-78-29-10-6-7-12-31-81-48-23-24-53-49(38-48)50(26-32-82-53)68-59(75)46-15-13-16-47(37-46)64-40-54-70-71-58(72(54)5)51-25-27-63-41-66-51/h13,15-16,19-25,27,37-38,41-42,50,52,57,64H,6-12,14,17-18,26,28-36,39-40H2,1-5H3,(H,65,76)(H,68,75)(H,69,74)/t50?,52-,57?/m0/s1. The quantitative estimate of drug-likeness (QED) is 0.0289. The fourth-order valence-electron chi connectivity index (χ4n) is 10.0. The summed E-state index contributed by atoms with van der Waals surface area (Å²) >= 11 is 1.60. The highest BCUT2D eigenvalue weighted by atomic mass is 32.1. The number of aromatic nitrogens is 6. The average molecular weight is 1160 g/mol. The first-order valence-corrected chi connectivity index (χ1v) is 30.0. The second kappa shape index (κ2) is 31.4. The molecule has 1 fully saturated rings. The number of nitrogens with zero attached hydrogens (tertiary/aromatic N) is 7. The number of hydrogen-bond donors (Lipinski definition) is 4. The molecule has 1 saturated heterocycles. The number of unbranched alkanes of at least 4 members (excludes halogenated alkanes) is 5. The van der Waals surface area contributed by atoms with Crippen LogP contribution < -0.4 is 30.7 Å². The van der Waals surface area contributed by atoms with Gasteiger partial charge in [0.2, 0.25) is 17.7 Å². The summed E-state index contributed by atoms with van der Waals surface area (Å²) in [6.07, 6.45) is 11.6. The molecule has 20 nitrogen and oxygen atoms in total. The molecule has 2 unspecified atom stereocenters. The number of aryl methyl sites for hydroxylation is 1. The van der Waals surface area contributed by atoms with Gasteiger partial charge in [0.15, 0.2) is 11.6 Å². The van der Waals surface area contributed by atoms with Crippen LogP contribution in [0.4, 0.5) is 5.69 Å². The van der Waals surface area contributed by atoms with E-state index in [1.165, 1.54) is 6.33 Å². The highest BCUT2D eigenvalue weighted by Crippen LogP contribution is 2.36. The average Bonchev–Trinajstić information content (AvgIpc) is 4.49. The fraction of sp³-hybridized carbons (Fsp3) is 0.500. The summed E-state index contributed by atoms with van der Waals surface area (Å²) in [6.45, 7) is 13.4. The minimum Gasteiger partial charge on any atom is -0.494 e. The monoisotopic (exact) mass is 1160 g/mol. The molecule has 6 aromatic rings. The summed E-state index contributed by atoms with van der Waals surface area (Å²) in [7, 11) is 1.89. The number of amides is 4. The van der Waals surface area contributed by atoms with Gasteiger partial charge in [-0.05, 0) is 111 Å². The maximum Gasteiger partial charge on any atom is 0.251 e. The molecule has 0 bridgehead atoms. The Morgan fingerprint density at radius 2 is 1.55 bits per heavy atom. The van der Waals surface area contributed by atoms with Gasteiger partial charge >= 0.3 is 0 Å². The first kappa shape index (κ1) is 61.7. The summed E-state index contributed by atoms with van der Waals surface area (Å²) in [4.78, 5) is 69.4. The summed E-state index contributed by atoms with van der Waals surface area (Å²) < 4.78 is 31.2. The number of hydrogen-bond acceptors (Lipinski definition) is 16. The van der Waals surface area contributed by atoms with E-state index in [1.54, 1.807) is 34.6 Å². The molecular weight excluding hydrogens is 1070 g/mol. The Morgan fingerprint density at radius 1 is 0.807 bits per heavy atom. The molecule has 0 spiro atoms. The normalized spacial score (nSPS) is 15.3. The van der Waals surface area contributed by atoms with Gasteiger partial charge in [-0.15, -0.1) is 21.5 Å². The van der Waals surface area contributed by atoms with Gasteiger partial charge in [-0.3, -0.25) is 19.2 Å². The van der Waals surface area contributed by atoms with Crippen molar-refractivity contribution >= 4 is 40.7 Å². The third-order valence-corrected chi connectivity index (χ3v) is 15.7. The zero-order valence-corrected chi connectivity index (χ0v) is 49.5. The second-order valence-corrected chi connectivity index (χ2v) is 22.9.